The second-order valence-corrected chi connectivity index (χ2v) is 7.52. The molecule has 0 radical (unpaired) electrons. The molecule has 0 aliphatic rings. The molecule has 7 heteroatoms. The summed E-state index contributed by atoms with van der Waals surface area (Å²) in [6, 6.07) is 10.4. The normalized spacial score (nSPS) is 11.9. The summed E-state index contributed by atoms with van der Waals surface area (Å²) in [7, 11) is -3.66. The highest BCUT2D eigenvalue weighted by molar-refractivity contribution is 7.89. The van der Waals surface area contributed by atoms with Crippen LogP contribution in [0.2, 0.25) is 0 Å². The molecule has 0 saturated carbocycles. The Labute approximate surface area is 139 Å². The number of sulfonamides is 1. The second-order valence-electron chi connectivity index (χ2n) is 5.75. The molecule has 1 aromatic heterocycles. The van der Waals surface area contributed by atoms with Crippen LogP contribution >= 0.6 is 0 Å². The van der Waals surface area contributed by atoms with Crippen molar-refractivity contribution in [3.05, 3.63) is 63.6 Å². The molecule has 2 aromatic carbocycles. The first-order valence-electron chi connectivity index (χ1n) is 7.54. The smallest absolute Gasteiger partial charge is 0.408 e. The minimum Gasteiger partial charge on any atom is -0.408 e. The molecular formula is C17H18N2O4S. The summed E-state index contributed by atoms with van der Waals surface area (Å²) in [4.78, 5) is 13.7. The van der Waals surface area contributed by atoms with Crippen LogP contribution in [0.4, 0.5) is 0 Å². The average molecular weight is 346 g/mol. The van der Waals surface area contributed by atoms with Crippen molar-refractivity contribution in [2.75, 3.05) is 6.54 Å². The average Bonchev–Trinajstić information content (AvgIpc) is 2.88. The first kappa shape index (κ1) is 16.5. The lowest BCUT2D eigenvalue weighted by Gasteiger charge is -2.09. The quantitative estimate of drug-likeness (QED) is 0.741. The van der Waals surface area contributed by atoms with E-state index in [1.165, 1.54) is 23.8 Å². The van der Waals surface area contributed by atoms with Crippen LogP contribution in [0.25, 0.3) is 11.1 Å². The topological polar surface area (TPSA) is 92.2 Å². The Morgan fingerprint density at radius 3 is 2.67 bits per heavy atom. The van der Waals surface area contributed by atoms with Gasteiger partial charge in [0, 0.05) is 12.6 Å². The maximum Gasteiger partial charge on any atom is 0.417 e. The molecule has 0 aliphatic carbocycles. The van der Waals surface area contributed by atoms with Gasteiger partial charge in [0.15, 0.2) is 5.58 Å². The number of benzene rings is 2. The number of rotatable bonds is 5. The van der Waals surface area contributed by atoms with Crippen LogP contribution in [0.5, 0.6) is 0 Å². The van der Waals surface area contributed by atoms with E-state index >= 15 is 0 Å². The van der Waals surface area contributed by atoms with Crippen molar-refractivity contribution < 1.29 is 12.8 Å². The molecule has 3 aromatic rings. The molecule has 0 saturated heterocycles. The summed E-state index contributed by atoms with van der Waals surface area (Å²) in [6.07, 6.45) is 0.604. The zero-order chi connectivity index (χ0) is 17.3. The fourth-order valence-electron chi connectivity index (χ4n) is 2.62. The van der Waals surface area contributed by atoms with Crippen LogP contribution in [0.1, 0.15) is 16.7 Å². The van der Waals surface area contributed by atoms with Gasteiger partial charge in [-0.25, -0.2) is 17.9 Å². The van der Waals surface area contributed by atoms with Crippen LogP contribution in [-0.4, -0.2) is 19.9 Å². The van der Waals surface area contributed by atoms with Gasteiger partial charge in [-0.2, -0.15) is 0 Å². The molecule has 2 N–H and O–H groups in total. The molecule has 0 bridgehead atoms. The molecule has 1 heterocycles. The largest absolute Gasteiger partial charge is 0.417 e. The first-order valence-corrected chi connectivity index (χ1v) is 9.02. The molecule has 6 nitrogen and oxygen atoms in total. The molecule has 0 atom stereocenters. The van der Waals surface area contributed by atoms with E-state index in [2.05, 4.69) is 15.8 Å². The number of hydrogen-bond donors (Lipinski definition) is 2. The van der Waals surface area contributed by atoms with Gasteiger partial charge in [0.2, 0.25) is 10.0 Å². The van der Waals surface area contributed by atoms with E-state index in [0.29, 0.717) is 18.5 Å². The predicted molar refractivity (Wildman–Crippen MR) is 91.6 cm³/mol. The summed E-state index contributed by atoms with van der Waals surface area (Å²) in [5.74, 6) is -0.609. The summed E-state index contributed by atoms with van der Waals surface area (Å²) in [5.41, 5.74) is 4.12. The first-order chi connectivity index (χ1) is 11.3. The highest BCUT2D eigenvalue weighted by Crippen LogP contribution is 2.17. The lowest BCUT2D eigenvalue weighted by atomic mass is 10.0. The van der Waals surface area contributed by atoms with Gasteiger partial charge in [-0.15, -0.1) is 0 Å². The Morgan fingerprint density at radius 1 is 1.12 bits per heavy atom. The number of aromatic nitrogens is 1. The van der Waals surface area contributed by atoms with Crippen LogP contribution in [0.15, 0.2) is 50.5 Å². The monoisotopic (exact) mass is 346 g/mol. The zero-order valence-corrected chi connectivity index (χ0v) is 14.2. The van der Waals surface area contributed by atoms with Crippen molar-refractivity contribution in [1.82, 2.24) is 9.71 Å². The second kappa shape index (κ2) is 6.26. The molecule has 126 valence electrons. The molecule has 0 amide bonds. The maximum absolute atomic E-state index is 12.4. The van der Waals surface area contributed by atoms with Gasteiger partial charge >= 0.3 is 5.76 Å². The summed E-state index contributed by atoms with van der Waals surface area (Å²) < 4.78 is 32.2. The van der Waals surface area contributed by atoms with Crippen molar-refractivity contribution in [3.63, 3.8) is 0 Å². The number of aromatic amines is 1. The molecule has 0 fully saturated rings. The molecular weight excluding hydrogens is 328 g/mol. The number of nitrogens with one attached hydrogen (secondary N) is 2. The van der Waals surface area contributed by atoms with Gasteiger partial charge in [0.05, 0.1) is 10.4 Å². The summed E-state index contributed by atoms with van der Waals surface area (Å²) in [6.45, 7) is 4.33. The Hall–Kier alpha value is -2.38. The third-order valence-electron chi connectivity index (χ3n) is 3.89. The lowest BCUT2D eigenvalue weighted by Crippen LogP contribution is -2.26. The van der Waals surface area contributed by atoms with Gasteiger partial charge in [0.25, 0.3) is 0 Å². The Balaban J connectivity index is 1.73. The van der Waals surface area contributed by atoms with E-state index in [1.54, 1.807) is 0 Å². The van der Waals surface area contributed by atoms with Crippen LogP contribution in [-0.2, 0) is 16.4 Å². The van der Waals surface area contributed by atoms with E-state index in [9.17, 15) is 13.2 Å². The fraction of sp³-hybridized carbons (Fsp3) is 0.235. The summed E-state index contributed by atoms with van der Waals surface area (Å²) >= 11 is 0. The van der Waals surface area contributed by atoms with E-state index in [-0.39, 0.29) is 10.5 Å². The zero-order valence-electron chi connectivity index (χ0n) is 13.4. The van der Waals surface area contributed by atoms with Gasteiger partial charge in [-0.1, -0.05) is 23.8 Å². The third-order valence-corrected chi connectivity index (χ3v) is 5.35. The van der Waals surface area contributed by atoms with Gasteiger partial charge in [-0.05, 0) is 43.5 Å². The Bertz CT molecular complexity index is 1050. The van der Waals surface area contributed by atoms with Crippen molar-refractivity contribution in [2.24, 2.45) is 0 Å². The number of H-pyrrole nitrogens is 1. The number of hydrogen-bond acceptors (Lipinski definition) is 4. The van der Waals surface area contributed by atoms with E-state index in [1.807, 2.05) is 26.0 Å². The SMILES string of the molecule is Cc1ccc(CCNS(=O)(=O)c2ccc3[nH]c(=O)oc3c2)c(C)c1. The minimum atomic E-state index is -3.66. The number of fused-ring (bicyclic) bond motifs is 1. The van der Waals surface area contributed by atoms with Crippen molar-refractivity contribution in [3.8, 4) is 0 Å². The lowest BCUT2D eigenvalue weighted by molar-refractivity contribution is 0.553. The molecule has 0 spiro atoms. The van der Waals surface area contributed by atoms with Crippen LogP contribution in [0.3, 0.4) is 0 Å². The number of oxazole rings is 1. The fourth-order valence-corrected chi connectivity index (χ4v) is 3.67. The Kier molecular flexibility index (Phi) is 4.29. The molecule has 0 aliphatic heterocycles. The van der Waals surface area contributed by atoms with Crippen molar-refractivity contribution >= 4 is 21.1 Å². The predicted octanol–water partition coefficient (Wildman–Crippen LogP) is 2.26. The van der Waals surface area contributed by atoms with E-state index in [0.717, 1.165) is 11.1 Å². The molecule has 0 unspecified atom stereocenters. The Morgan fingerprint density at radius 2 is 1.92 bits per heavy atom. The highest BCUT2D eigenvalue weighted by atomic mass is 32.2. The van der Waals surface area contributed by atoms with Gasteiger partial charge < -0.3 is 4.42 Å². The molecule has 24 heavy (non-hydrogen) atoms. The van der Waals surface area contributed by atoms with Crippen LogP contribution in [0, 0.1) is 13.8 Å². The standard InChI is InChI=1S/C17H18N2O4S/c1-11-3-4-13(12(2)9-11)7-8-18-24(21,22)14-5-6-15-16(10-14)23-17(20)19-15/h3-6,9-10,18H,7-8H2,1-2H3,(H,19,20). The van der Waals surface area contributed by atoms with E-state index in [4.69, 9.17) is 4.42 Å². The number of aryl methyl sites for hydroxylation is 2. The summed E-state index contributed by atoms with van der Waals surface area (Å²) in [5, 5.41) is 0. The maximum atomic E-state index is 12.4. The van der Waals surface area contributed by atoms with Crippen molar-refractivity contribution in [1.29, 1.82) is 0 Å². The van der Waals surface area contributed by atoms with Crippen molar-refractivity contribution in [2.45, 2.75) is 25.2 Å². The molecule has 3 rings (SSSR count). The van der Waals surface area contributed by atoms with Gasteiger partial charge in [0.1, 0.15) is 0 Å². The van der Waals surface area contributed by atoms with Gasteiger partial charge in [-0.3, -0.25) is 4.98 Å². The minimum absolute atomic E-state index is 0.0679. The van der Waals surface area contributed by atoms with E-state index < -0.39 is 15.8 Å². The van der Waals surface area contributed by atoms with Crippen LogP contribution < -0.4 is 10.5 Å². The third kappa shape index (κ3) is 3.42. The highest BCUT2D eigenvalue weighted by Gasteiger charge is 2.15.